The molecular weight excluding hydrogens is 364 g/mol. The Hall–Kier alpha value is -0.680. The van der Waals surface area contributed by atoms with Gasteiger partial charge in [-0.25, -0.2) is 0 Å². The first kappa shape index (κ1) is 21.5. The van der Waals surface area contributed by atoms with Gasteiger partial charge in [0.15, 0.2) is 0 Å². The van der Waals surface area contributed by atoms with E-state index in [4.69, 9.17) is 4.74 Å². The third-order valence-corrected chi connectivity index (χ3v) is 9.01. The van der Waals surface area contributed by atoms with E-state index in [1.165, 1.54) is 5.57 Å². The van der Waals surface area contributed by atoms with Crippen LogP contribution < -0.4 is 0 Å². The minimum Gasteiger partial charge on any atom is -0.392 e. The number of hydrogen-bond donors (Lipinski definition) is 3. The van der Waals surface area contributed by atoms with Crippen molar-refractivity contribution in [1.82, 2.24) is 0 Å². The molecule has 4 rings (SSSR count). The quantitative estimate of drug-likeness (QED) is 0.609. The lowest BCUT2D eigenvalue weighted by atomic mass is 9.62. The van der Waals surface area contributed by atoms with Gasteiger partial charge in [0.1, 0.15) is 0 Å². The lowest BCUT2D eigenvalue weighted by Crippen LogP contribution is -2.46. The Kier molecular flexibility index (Phi) is 5.34. The van der Waals surface area contributed by atoms with Gasteiger partial charge in [0.2, 0.25) is 0 Å². The summed E-state index contributed by atoms with van der Waals surface area (Å²) in [6, 6.07) is 0. The van der Waals surface area contributed by atoms with Crippen LogP contribution in [0.3, 0.4) is 0 Å². The molecule has 4 aliphatic rings. The van der Waals surface area contributed by atoms with E-state index in [1.807, 2.05) is 6.92 Å². The Morgan fingerprint density at radius 3 is 2.62 bits per heavy atom. The van der Waals surface area contributed by atoms with Crippen LogP contribution >= 0.6 is 0 Å². The zero-order valence-corrected chi connectivity index (χ0v) is 18.8. The fourth-order valence-corrected chi connectivity index (χ4v) is 7.63. The van der Waals surface area contributed by atoms with Gasteiger partial charge in [0.25, 0.3) is 0 Å². The minimum absolute atomic E-state index is 0.0239. The van der Waals surface area contributed by atoms with E-state index < -0.39 is 11.7 Å². The van der Waals surface area contributed by atoms with Crippen LogP contribution in [-0.2, 0) is 4.74 Å². The van der Waals surface area contributed by atoms with Gasteiger partial charge in [0, 0.05) is 12.3 Å². The molecule has 2 saturated carbocycles. The van der Waals surface area contributed by atoms with E-state index in [0.29, 0.717) is 18.3 Å². The fraction of sp³-hybridized carbons (Fsp3) is 0.840. The van der Waals surface area contributed by atoms with Gasteiger partial charge < -0.3 is 20.1 Å². The van der Waals surface area contributed by atoms with Crippen molar-refractivity contribution in [3.63, 3.8) is 0 Å². The number of aliphatic hydroxyl groups excluding tert-OH is 2. The highest BCUT2D eigenvalue weighted by Crippen LogP contribution is 2.64. The molecule has 1 heterocycles. The summed E-state index contributed by atoms with van der Waals surface area (Å²) in [5.74, 6) is 0.705. The predicted molar refractivity (Wildman–Crippen MR) is 114 cm³/mol. The van der Waals surface area contributed by atoms with E-state index >= 15 is 0 Å². The number of rotatable bonds is 2. The Balaban J connectivity index is 1.72. The summed E-state index contributed by atoms with van der Waals surface area (Å²) >= 11 is 0. The molecule has 9 atom stereocenters. The van der Waals surface area contributed by atoms with Gasteiger partial charge in [-0.05, 0) is 81.6 Å². The molecule has 3 fully saturated rings. The molecule has 0 aromatic rings. The standard InChI is InChI=1S/C25H40O4/c1-15(2)10-18-11-16(3)25(29-18)9-8-23(4)12-19-22(20(27)13-24(19,5)28)17(14-26)6-7-21(23)25/h6,10,16,18-22,26-28H,7-9,11-14H2,1-5H3/b17-6-/t16-,18-,19-,20-,21+,22+,23+,24+,25-/m0/s1. The van der Waals surface area contributed by atoms with Crippen molar-refractivity contribution < 1.29 is 20.1 Å². The highest BCUT2D eigenvalue weighted by atomic mass is 16.5. The average Bonchev–Trinajstić information content (AvgIpc) is 3.12. The first-order valence-electron chi connectivity index (χ1n) is 11.6. The zero-order valence-electron chi connectivity index (χ0n) is 18.8. The first-order chi connectivity index (χ1) is 13.5. The molecule has 1 spiro atoms. The molecule has 0 aromatic carbocycles. The van der Waals surface area contributed by atoms with E-state index in [9.17, 15) is 15.3 Å². The van der Waals surface area contributed by atoms with Crippen molar-refractivity contribution in [2.75, 3.05) is 6.61 Å². The lowest BCUT2D eigenvalue weighted by molar-refractivity contribution is -0.0947. The Bertz CT molecular complexity index is 706. The summed E-state index contributed by atoms with van der Waals surface area (Å²) in [7, 11) is 0. The van der Waals surface area contributed by atoms with Crippen molar-refractivity contribution >= 4 is 0 Å². The van der Waals surface area contributed by atoms with Crippen molar-refractivity contribution in [2.24, 2.45) is 29.1 Å². The Morgan fingerprint density at radius 1 is 1.24 bits per heavy atom. The van der Waals surface area contributed by atoms with E-state index in [2.05, 4.69) is 39.8 Å². The second-order valence-electron chi connectivity index (χ2n) is 11.3. The maximum Gasteiger partial charge on any atom is 0.0769 e. The number of ether oxygens (including phenoxy) is 1. The highest BCUT2D eigenvalue weighted by molar-refractivity contribution is 5.23. The van der Waals surface area contributed by atoms with Crippen LogP contribution in [0.4, 0.5) is 0 Å². The van der Waals surface area contributed by atoms with Crippen LogP contribution in [-0.4, -0.2) is 45.3 Å². The van der Waals surface area contributed by atoms with Crippen LogP contribution in [0, 0.1) is 29.1 Å². The molecule has 0 radical (unpaired) electrons. The van der Waals surface area contributed by atoms with Gasteiger partial charge in [-0.3, -0.25) is 0 Å². The average molecular weight is 405 g/mol. The first-order valence-corrected chi connectivity index (χ1v) is 11.6. The Morgan fingerprint density at radius 2 is 1.97 bits per heavy atom. The van der Waals surface area contributed by atoms with Crippen LogP contribution in [0.2, 0.25) is 0 Å². The van der Waals surface area contributed by atoms with Crippen LogP contribution in [0.5, 0.6) is 0 Å². The summed E-state index contributed by atoms with van der Waals surface area (Å²) in [5, 5.41) is 32.0. The van der Waals surface area contributed by atoms with Gasteiger partial charge >= 0.3 is 0 Å². The number of fused-ring (bicyclic) bond motifs is 3. The maximum absolute atomic E-state index is 11.2. The van der Waals surface area contributed by atoms with Crippen molar-refractivity contribution in [3.05, 3.63) is 23.3 Å². The van der Waals surface area contributed by atoms with Crippen molar-refractivity contribution in [3.8, 4) is 0 Å². The molecular formula is C25H40O4. The van der Waals surface area contributed by atoms with Gasteiger partial charge in [0.05, 0.1) is 30.0 Å². The third-order valence-electron chi connectivity index (χ3n) is 9.01. The van der Waals surface area contributed by atoms with E-state index in [-0.39, 0.29) is 35.6 Å². The molecule has 4 heteroatoms. The Labute approximate surface area is 176 Å². The summed E-state index contributed by atoms with van der Waals surface area (Å²) in [5.41, 5.74) is 1.27. The topological polar surface area (TPSA) is 69.9 Å². The molecule has 0 amide bonds. The molecule has 0 unspecified atom stereocenters. The third kappa shape index (κ3) is 3.35. The second-order valence-corrected chi connectivity index (χ2v) is 11.3. The molecule has 1 saturated heterocycles. The van der Waals surface area contributed by atoms with Crippen LogP contribution in [0.15, 0.2) is 23.3 Å². The van der Waals surface area contributed by atoms with Crippen LogP contribution in [0.1, 0.15) is 73.1 Å². The van der Waals surface area contributed by atoms with E-state index in [0.717, 1.165) is 37.7 Å². The summed E-state index contributed by atoms with van der Waals surface area (Å²) in [6.07, 6.45) is 9.45. The largest absolute Gasteiger partial charge is 0.392 e. The van der Waals surface area contributed by atoms with Gasteiger partial charge in [-0.1, -0.05) is 31.6 Å². The number of hydrogen-bond acceptors (Lipinski definition) is 4. The zero-order chi connectivity index (χ0) is 21.2. The molecule has 164 valence electrons. The number of aliphatic hydroxyl groups is 3. The molecule has 29 heavy (non-hydrogen) atoms. The molecule has 0 bridgehead atoms. The SMILES string of the molecule is CC(C)=C[C@H]1C[C@H](C)[C@]2(CC[C@]3(C)C[C@H]4[C@@H](/C(CO)=C\C[C@H]32)[C@@H](O)C[C@@]4(C)O)O1. The van der Waals surface area contributed by atoms with Gasteiger partial charge in [-0.2, -0.15) is 0 Å². The molecule has 1 aliphatic heterocycles. The summed E-state index contributed by atoms with van der Waals surface area (Å²) < 4.78 is 6.84. The monoisotopic (exact) mass is 404 g/mol. The lowest BCUT2D eigenvalue weighted by Gasteiger charge is -2.46. The van der Waals surface area contributed by atoms with E-state index in [1.54, 1.807) is 0 Å². The summed E-state index contributed by atoms with van der Waals surface area (Å²) in [6.45, 7) is 10.8. The highest BCUT2D eigenvalue weighted by Gasteiger charge is 2.63. The molecule has 3 aliphatic carbocycles. The predicted octanol–water partition coefficient (Wildman–Crippen LogP) is 3.99. The van der Waals surface area contributed by atoms with Crippen molar-refractivity contribution in [1.29, 1.82) is 0 Å². The summed E-state index contributed by atoms with van der Waals surface area (Å²) in [4.78, 5) is 0. The molecule has 0 aromatic heterocycles. The van der Waals surface area contributed by atoms with Gasteiger partial charge in [-0.15, -0.1) is 0 Å². The minimum atomic E-state index is -0.897. The molecule has 4 nitrogen and oxygen atoms in total. The molecule has 3 N–H and O–H groups in total. The normalized spacial score (nSPS) is 53.7. The number of allylic oxidation sites excluding steroid dienone is 2. The van der Waals surface area contributed by atoms with Crippen molar-refractivity contribution in [2.45, 2.75) is 96.6 Å². The fourth-order valence-electron chi connectivity index (χ4n) is 7.63. The smallest absolute Gasteiger partial charge is 0.0769 e. The van der Waals surface area contributed by atoms with Crippen LogP contribution in [0.25, 0.3) is 0 Å². The maximum atomic E-state index is 11.2. The second kappa shape index (κ2) is 7.19.